The lowest BCUT2D eigenvalue weighted by atomic mass is 10.2. The number of aliphatic hydroxyl groups excluding tert-OH is 1. The lowest BCUT2D eigenvalue weighted by Crippen LogP contribution is -2.36. The van der Waals surface area contributed by atoms with Crippen LogP contribution in [0.1, 0.15) is 19.8 Å². The minimum absolute atomic E-state index is 0.222. The molecular formula is C11H26N2O2. The quantitative estimate of drug-likeness (QED) is 0.518. The van der Waals surface area contributed by atoms with Crippen molar-refractivity contribution in [2.75, 3.05) is 47.0 Å². The molecule has 0 aliphatic rings. The third-order valence-corrected chi connectivity index (χ3v) is 2.46. The molecule has 0 spiro atoms. The van der Waals surface area contributed by atoms with Crippen molar-refractivity contribution in [2.45, 2.75) is 25.8 Å². The molecule has 0 rings (SSSR count). The van der Waals surface area contributed by atoms with Gasteiger partial charge in [-0.15, -0.1) is 0 Å². The molecule has 0 heterocycles. The molecule has 0 aromatic heterocycles. The van der Waals surface area contributed by atoms with Gasteiger partial charge in [0.05, 0.1) is 6.61 Å². The second kappa shape index (κ2) is 10.4. The van der Waals surface area contributed by atoms with Gasteiger partial charge in [0.2, 0.25) is 0 Å². The Morgan fingerprint density at radius 3 is 2.67 bits per heavy atom. The van der Waals surface area contributed by atoms with Gasteiger partial charge in [-0.2, -0.15) is 0 Å². The second-order valence-corrected chi connectivity index (χ2v) is 3.88. The van der Waals surface area contributed by atoms with Crippen LogP contribution in [0, 0.1) is 0 Å². The zero-order valence-electron chi connectivity index (χ0n) is 10.3. The molecule has 15 heavy (non-hydrogen) atoms. The van der Waals surface area contributed by atoms with Crippen LogP contribution in [-0.4, -0.2) is 63.1 Å². The molecule has 4 nitrogen and oxygen atoms in total. The summed E-state index contributed by atoms with van der Waals surface area (Å²) >= 11 is 0. The third kappa shape index (κ3) is 8.81. The van der Waals surface area contributed by atoms with E-state index in [1.165, 1.54) is 0 Å². The fraction of sp³-hybridized carbons (Fsp3) is 1.00. The summed E-state index contributed by atoms with van der Waals surface area (Å²) < 4.78 is 5.00. The summed E-state index contributed by atoms with van der Waals surface area (Å²) in [4.78, 5) is 2.28. The number of nitrogens with one attached hydrogen (secondary N) is 1. The molecule has 0 saturated heterocycles. The summed E-state index contributed by atoms with van der Waals surface area (Å²) in [5.41, 5.74) is 0. The van der Waals surface area contributed by atoms with Crippen molar-refractivity contribution in [3.63, 3.8) is 0 Å². The number of ether oxygens (including phenoxy) is 1. The normalized spacial score (nSPS) is 13.4. The van der Waals surface area contributed by atoms with Gasteiger partial charge in [-0.3, -0.25) is 0 Å². The maximum Gasteiger partial charge on any atom is 0.0585 e. The van der Waals surface area contributed by atoms with Gasteiger partial charge in [0.25, 0.3) is 0 Å². The predicted molar refractivity (Wildman–Crippen MR) is 63.2 cm³/mol. The van der Waals surface area contributed by atoms with Crippen molar-refractivity contribution < 1.29 is 9.84 Å². The smallest absolute Gasteiger partial charge is 0.0585 e. The van der Waals surface area contributed by atoms with Gasteiger partial charge in [0, 0.05) is 26.3 Å². The number of hydrogen-bond donors (Lipinski definition) is 2. The first-order valence-corrected chi connectivity index (χ1v) is 5.76. The Morgan fingerprint density at radius 2 is 2.13 bits per heavy atom. The summed E-state index contributed by atoms with van der Waals surface area (Å²) in [6, 6.07) is 0.236. The van der Waals surface area contributed by atoms with E-state index in [0.29, 0.717) is 0 Å². The molecule has 0 aromatic rings. The van der Waals surface area contributed by atoms with Crippen LogP contribution < -0.4 is 5.32 Å². The van der Waals surface area contributed by atoms with Crippen molar-refractivity contribution in [1.82, 2.24) is 10.2 Å². The molecule has 0 saturated carbocycles. The highest BCUT2D eigenvalue weighted by atomic mass is 16.5. The summed E-state index contributed by atoms with van der Waals surface area (Å²) in [6.07, 6.45) is 2.06. The van der Waals surface area contributed by atoms with E-state index < -0.39 is 0 Å². The van der Waals surface area contributed by atoms with Crippen LogP contribution in [0.3, 0.4) is 0 Å². The highest BCUT2D eigenvalue weighted by Crippen LogP contribution is 1.95. The number of likely N-dealkylation sites (N-methyl/N-ethyl adjacent to an activating group) is 1. The summed E-state index contributed by atoms with van der Waals surface area (Å²) in [5.74, 6) is 0. The van der Waals surface area contributed by atoms with Crippen LogP contribution in [0.15, 0.2) is 0 Å². The highest BCUT2D eigenvalue weighted by Gasteiger charge is 2.06. The number of methoxy groups -OCH3 is 1. The van der Waals surface area contributed by atoms with Crippen molar-refractivity contribution in [3.8, 4) is 0 Å². The molecule has 1 unspecified atom stereocenters. The van der Waals surface area contributed by atoms with E-state index in [1.54, 1.807) is 7.11 Å². The van der Waals surface area contributed by atoms with Crippen LogP contribution in [0.25, 0.3) is 0 Å². The van der Waals surface area contributed by atoms with E-state index in [9.17, 15) is 0 Å². The average molecular weight is 218 g/mol. The fourth-order valence-corrected chi connectivity index (χ4v) is 1.51. The van der Waals surface area contributed by atoms with Crippen LogP contribution in [0.5, 0.6) is 0 Å². The standard InChI is InChI=1S/C11H26N2O2/c1-4-12-11(10-14)6-8-13(2)7-5-9-15-3/h11-12,14H,4-10H2,1-3H3. The zero-order chi connectivity index (χ0) is 11.5. The Hall–Kier alpha value is -0.160. The van der Waals surface area contributed by atoms with Crippen molar-refractivity contribution in [1.29, 1.82) is 0 Å². The van der Waals surface area contributed by atoms with Gasteiger partial charge in [-0.25, -0.2) is 0 Å². The largest absolute Gasteiger partial charge is 0.395 e. The summed E-state index contributed by atoms with van der Waals surface area (Å²) in [6.45, 7) is 6.09. The van der Waals surface area contributed by atoms with Gasteiger partial charge in [0.15, 0.2) is 0 Å². The Bertz CT molecular complexity index is 134. The van der Waals surface area contributed by atoms with Crippen LogP contribution in [0.2, 0.25) is 0 Å². The minimum atomic E-state index is 0.222. The molecule has 0 aromatic carbocycles. The fourth-order valence-electron chi connectivity index (χ4n) is 1.51. The monoisotopic (exact) mass is 218 g/mol. The van der Waals surface area contributed by atoms with Gasteiger partial charge in [-0.05, 0) is 33.0 Å². The van der Waals surface area contributed by atoms with E-state index in [1.807, 2.05) is 0 Å². The first-order chi connectivity index (χ1) is 7.24. The van der Waals surface area contributed by atoms with Crippen molar-refractivity contribution >= 4 is 0 Å². The molecule has 92 valence electrons. The number of aliphatic hydroxyl groups is 1. The molecule has 0 aliphatic heterocycles. The Labute approximate surface area is 93.6 Å². The Balaban J connectivity index is 3.45. The molecule has 0 bridgehead atoms. The average Bonchev–Trinajstić information content (AvgIpc) is 2.24. The number of rotatable bonds is 10. The van der Waals surface area contributed by atoms with E-state index in [2.05, 4.69) is 24.2 Å². The van der Waals surface area contributed by atoms with Gasteiger partial charge in [0.1, 0.15) is 0 Å². The van der Waals surface area contributed by atoms with E-state index in [4.69, 9.17) is 9.84 Å². The molecule has 4 heteroatoms. The molecular weight excluding hydrogens is 192 g/mol. The zero-order valence-corrected chi connectivity index (χ0v) is 10.3. The van der Waals surface area contributed by atoms with Crippen LogP contribution in [0.4, 0.5) is 0 Å². The number of nitrogens with zero attached hydrogens (tertiary/aromatic N) is 1. The molecule has 0 amide bonds. The van der Waals surface area contributed by atoms with Crippen molar-refractivity contribution in [3.05, 3.63) is 0 Å². The lowest BCUT2D eigenvalue weighted by molar-refractivity contribution is 0.174. The minimum Gasteiger partial charge on any atom is -0.395 e. The SMILES string of the molecule is CCNC(CO)CCN(C)CCCOC. The molecule has 0 fully saturated rings. The highest BCUT2D eigenvalue weighted by molar-refractivity contribution is 4.66. The molecule has 1 atom stereocenters. The topological polar surface area (TPSA) is 44.7 Å². The summed E-state index contributed by atoms with van der Waals surface area (Å²) in [7, 11) is 3.84. The van der Waals surface area contributed by atoms with Gasteiger partial charge < -0.3 is 20.1 Å². The molecule has 2 N–H and O–H groups in total. The first-order valence-electron chi connectivity index (χ1n) is 5.76. The predicted octanol–water partition coefficient (Wildman–Crippen LogP) is 0.315. The second-order valence-electron chi connectivity index (χ2n) is 3.88. The maximum absolute atomic E-state index is 9.08. The van der Waals surface area contributed by atoms with Crippen LogP contribution in [-0.2, 0) is 4.74 Å². The van der Waals surface area contributed by atoms with Crippen LogP contribution >= 0.6 is 0 Å². The van der Waals surface area contributed by atoms with E-state index in [0.717, 1.165) is 39.1 Å². The lowest BCUT2D eigenvalue weighted by Gasteiger charge is -2.20. The van der Waals surface area contributed by atoms with Gasteiger partial charge in [-0.1, -0.05) is 6.92 Å². The van der Waals surface area contributed by atoms with Crippen molar-refractivity contribution in [2.24, 2.45) is 0 Å². The summed E-state index contributed by atoms with van der Waals surface area (Å²) in [5, 5.41) is 12.3. The first kappa shape index (κ1) is 14.8. The molecule has 0 aliphatic carbocycles. The van der Waals surface area contributed by atoms with E-state index in [-0.39, 0.29) is 12.6 Å². The van der Waals surface area contributed by atoms with Gasteiger partial charge >= 0.3 is 0 Å². The number of hydrogen-bond acceptors (Lipinski definition) is 4. The molecule has 0 radical (unpaired) electrons. The van der Waals surface area contributed by atoms with E-state index >= 15 is 0 Å². The maximum atomic E-state index is 9.08. The Kier molecular flexibility index (Phi) is 10.3. The third-order valence-electron chi connectivity index (χ3n) is 2.46. The Morgan fingerprint density at radius 1 is 1.40 bits per heavy atom.